The molecule has 148 valence electrons. The van der Waals surface area contributed by atoms with Gasteiger partial charge in [0.1, 0.15) is 11.6 Å². The number of benzene rings is 1. The summed E-state index contributed by atoms with van der Waals surface area (Å²) in [7, 11) is 1.68. The van der Waals surface area contributed by atoms with Crippen LogP contribution in [0.15, 0.2) is 23.2 Å². The minimum absolute atomic E-state index is 0. The summed E-state index contributed by atoms with van der Waals surface area (Å²) in [5.74, 6) is -0.0939. The lowest BCUT2D eigenvalue weighted by Gasteiger charge is -2.29. The van der Waals surface area contributed by atoms with Crippen molar-refractivity contribution in [3.63, 3.8) is 0 Å². The topological polar surface area (TPSA) is 48.9 Å². The number of nitrogens with one attached hydrogen (secondary N) is 2. The molecule has 1 aromatic rings. The molecule has 26 heavy (non-hydrogen) atoms. The highest BCUT2D eigenvalue weighted by Gasteiger charge is 2.16. The summed E-state index contributed by atoms with van der Waals surface area (Å²) in [6.07, 6.45) is 0. The van der Waals surface area contributed by atoms with E-state index in [0.717, 1.165) is 45.5 Å². The Hall–Kier alpha value is -1.00. The van der Waals surface area contributed by atoms with Gasteiger partial charge in [0.2, 0.25) is 0 Å². The Bertz CT molecular complexity index is 582. The van der Waals surface area contributed by atoms with Crippen molar-refractivity contribution in [2.24, 2.45) is 10.9 Å². The maximum Gasteiger partial charge on any atom is 0.191 e. The third-order valence-electron chi connectivity index (χ3n) is 4.30. The first-order chi connectivity index (χ1) is 12.0. The highest BCUT2D eigenvalue weighted by molar-refractivity contribution is 14.0. The molecule has 1 aliphatic rings. The summed E-state index contributed by atoms with van der Waals surface area (Å²) in [5.41, 5.74) is 0.408. The molecule has 5 nitrogen and oxygen atoms in total. The fraction of sp³-hybridized carbons (Fsp3) is 0.611. The van der Waals surface area contributed by atoms with Gasteiger partial charge in [-0.25, -0.2) is 8.78 Å². The van der Waals surface area contributed by atoms with Gasteiger partial charge in [-0.15, -0.1) is 24.0 Å². The molecule has 0 radical (unpaired) electrons. The molecule has 0 bridgehead atoms. The molecule has 1 saturated heterocycles. The number of rotatable bonds is 6. The summed E-state index contributed by atoms with van der Waals surface area (Å²) < 4.78 is 32.3. The van der Waals surface area contributed by atoms with Crippen LogP contribution in [0.1, 0.15) is 25.5 Å². The van der Waals surface area contributed by atoms with Crippen LogP contribution in [0, 0.1) is 17.6 Å². The highest BCUT2D eigenvalue weighted by atomic mass is 127. The first kappa shape index (κ1) is 23.0. The molecule has 1 aliphatic heterocycles. The van der Waals surface area contributed by atoms with E-state index in [1.807, 2.05) is 6.92 Å². The summed E-state index contributed by atoms with van der Waals surface area (Å²) >= 11 is 0. The van der Waals surface area contributed by atoms with E-state index in [4.69, 9.17) is 4.74 Å². The Morgan fingerprint density at radius 1 is 1.27 bits per heavy atom. The van der Waals surface area contributed by atoms with Crippen molar-refractivity contribution in [3.8, 4) is 0 Å². The van der Waals surface area contributed by atoms with Crippen molar-refractivity contribution in [2.75, 3.05) is 46.4 Å². The van der Waals surface area contributed by atoms with Gasteiger partial charge < -0.3 is 15.4 Å². The normalized spacial score (nSPS) is 18.0. The van der Waals surface area contributed by atoms with Crippen LogP contribution in [0.2, 0.25) is 0 Å². The molecule has 0 aliphatic carbocycles. The van der Waals surface area contributed by atoms with E-state index in [0.29, 0.717) is 17.4 Å². The van der Waals surface area contributed by atoms with E-state index in [-0.39, 0.29) is 30.0 Å². The number of ether oxygens (including phenoxy) is 1. The average molecular weight is 482 g/mol. The van der Waals surface area contributed by atoms with Gasteiger partial charge in [0.25, 0.3) is 0 Å². The second kappa shape index (κ2) is 11.7. The number of halogens is 3. The number of aliphatic imine (C=N–C) groups is 1. The van der Waals surface area contributed by atoms with Gasteiger partial charge in [-0.3, -0.25) is 9.89 Å². The van der Waals surface area contributed by atoms with E-state index in [1.54, 1.807) is 7.05 Å². The first-order valence-electron chi connectivity index (χ1n) is 8.71. The van der Waals surface area contributed by atoms with Crippen molar-refractivity contribution in [1.29, 1.82) is 0 Å². The zero-order valence-electron chi connectivity index (χ0n) is 15.6. The lowest BCUT2D eigenvalue weighted by atomic mass is 10.1. The quantitative estimate of drug-likeness (QED) is 0.372. The predicted molar refractivity (Wildman–Crippen MR) is 111 cm³/mol. The molecule has 0 aromatic heterocycles. The third kappa shape index (κ3) is 7.32. The molecule has 1 fully saturated rings. The van der Waals surface area contributed by atoms with Crippen LogP contribution in [-0.2, 0) is 4.74 Å². The predicted octanol–water partition coefficient (Wildman–Crippen LogP) is 2.78. The lowest BCUT2D eigenvalue weighted by Crippen LogP contribution is -2.44. The third-order valence-corrected chi connectivity index (χ3v) is 4.30. The fourth-order valence-electron chi connectivity index (χ4n) is 2.89. The minimum atomic E-state index is -0.576. The maximum atomic E-state index is 13.9. The number of morpholine rings is 1. The van der Waals surface area contributed by atoms with Crippen molar-refractivity contribution < 1.29 is 13.5 Å². The van der Waals surface area contributed by atoms with Crippen LogP contribution in [-0.4, -0.2) is 57.3 Å². The van der Waals surface area contributed by atoms with Crippen LogP contribution in [0.3, 0.4) is 0 Å². The van der Waals surface area contributed by atoms with Crippen LogP contribution in [0.4, 0.5) is 8.78 Å². The Kier molecular flexibility index (Phi) is 10.3. The SMILES string of the molecule is CN=C(NCC(C)CN1CCOCC1)NC(C)c1ccc(F)cc1F.I. The number of nitrogens with zero attached hydrogens (tertiary/aromatic N) is 2. The minimum Gasteiger partial charge on any atom is -0.379 e. The van der Waals surface area contributed by atoms with E-state index >= 15 is 0 Å². The molecule has 1 aromatic carbocycles. The number of hydrogen-bond acceptors (Lipinski definition) is 3. The van der Waals surface area contributed by atoms with Gasteiger partial charge in [0.15, 0.2) is 5.96 Å². The van der Waals surface area contributed by atoms with Crippen LogP contribution in [0.25, 0.3) is 0 Å². The molecule has 0 amide bonds. The van der Waals surface area contributed by atoms with Gasteiger partial charge in [-0.2, -0.15) is 0 Å². The van der Waals surface area contributed by atoms with Crippen molar-refractivity contribution in [1.82, 2.24) is 15.5 Å². The van der Waals surface area contributed by atoms with Gasteiger partial charge in [-0.05, 0) is 18.9 Å². The molecule has 0 saturated carbocycles. The fourth-order valence-corrected chi connectivity index (χ4v) is 2.89. The second-order valence-corrected chi connectivity index (χ2v) is 6.50. The largest absolute Gasteiger partial charge is 0.379 e. The van der Waals surface area contributed by atoms with E-state index in [2.05, 4.69) is 27.4 Å². The summed E-state index contributed by atoms with van der Waals surface area (Å²) in [6.45, 7) is 9.29. The average Bonchev–Trinajstić information content (AvgIpc) is 2.59. The van der Waals surface area contributed by atoms with E-state index in [9.17, 15) is 8.78 Å². The molecular weight excluding hydrogens is 453 g/mol. The van der Waals surface area contributed by atoms with Crippen molar-refractivity contribution >= 4 is 29.9 Å². The Morgan fingerprint density at radius 3 is 2.58 bits per heavy atom. The monoisotopic (exact) mass is 482 g/mol. The van der Waals surface area contributed by atoms with Crippen LogP contribution >= 0.6 is 24.0 Å². The smallest absolute Gasteiger partial charge is 0.191 e. The molecular formula is C18H29F2IN4O. The Morgan fingerprint density at radius 2 is 1.96 bits per heavy atom. The Balaban J connectivity index is 0.00000338. The van der Waals surface area contributed by atoms with Gasteiger partial charge in [-0.1, -0.05) is 13.0 Å². The van der Waals surface area contributed by atoms with Crippen LogP contribution < -0.4 is 10.6 Å². The van der Waals surface area contributed by atoms with Gasteiger partial charge in [0, 0.05) is 44.9 Å². The summed E-state index contributed by atoms with van der Waals surface area (Å²) in [4.78, 5) is 6.58. The molecule has 1 heterocycles. The lowest BCUT2D eigenvalue weighted by molar-refractivity contribution is 0.0320. The molecule has 0 spiro atoms. The maximum absolute atomic E-state index is 13.9. The molecule has 8 heteroatoms. The van der Waals surface area contributed by atoms with E-state index < -0.39 is 11.6 Å². The zero-order chi connectivity index (χ0) is 18.2. The summed E-state index contributed by atoms with van der Waals surface area (Å²) in [5, 5.41) is 6.42. The molecule has 2 atom stereocenters. The van der Waals surface area contributed by atoms with Gasteiger partial charge >= 0.3 is 0 Å². The van der Waals surface area contributed by atoms with Gasteiger partial charge in [0.05, 0.1) is 19.3 Å². The van der Waals surface area contributed by atoms with Crippen molar-refractivity contribution in [3.05, 3.63) is 35.4 Å². The second-order valence-electron chi connectivity index (χ2n) is 6.50. The van der Waals surface area contributed by atoms with E-state index in [1.165, 1.54) is 12.1 Å². The number of hydrogen-bond donors (Lipinski definition) is 2. The Labute approximate surface area is 171 Å². The molecule has 2 rings (SSSR count). The van der Waals surface area contributed by atoms with Crippen LogP contribution in [0.5, 0.6) is 0 Å². The summed E-state index contributed by atoms with van der Waals surface area (Å²) in [6, 6.07) is 3.29. The van der Waals surface area contributed by atoms with Crippen molar-refractivity contribution in [2.45, 2.75) is 19.9 Å². The molecule has 2 unspecified atom stereocenters. The standard InChI is InChI=1S/C18H28F2N4O.HI/c1-13(12-24-6-8-25-9-7-24)11-22-18(21-3)23-14(2)16-5-4-15(19)10-17(16)20;/h4-5,10,13-14H,6-9,11-12H2,1-3H3,(H2,21,22,23);1H. The highest BCUT2D eigenvalue weighted by Crippen LogP contribution is 2.17. The molecule has 2 N–H and O–H groups in total. The zero-order valence-corrected chi connectivity index (χ0v) is 17.9. The number of guanidine groups is 1. The first-order valence-corrected chi connectivity index (χ1v) is 8.71.